The maximum atomic E-state index is 12.9. The smallest absolute Gasteiger partial charge is 0.357 e. The summed E-state index contributed by atoms with van der Waals surface area (Å²) in [6, 6.07) is 6.73. The van der Waals surface area contributed by atoms with E-state index in [9.17, 15) is 14.7 Å². The lowest BCUT2D eigenvalue weighted by Crippen LogP contribution is -2.62. The molecule has 2 aliphatic rings. The number of aliphatic carboxylic acids is 1. The number of carbonyl (C=O) groups excluding carboxylic acids is 1. The molecule has 3 atom stereocenters. The van der Waals surface area contributed by atoms with Crippen LogP contribution in [0.15, 0.2) is 35.1 Å². The molecular weight excluding hydrogens is 422 g/mol. The third-order valence-electron chi connectivity index (χ3n) is 6.06. The highest BCUT2D eigenvalue weighted by atomic mass is 32.2. The molecule has 0 unspecified atom stereocenters. The zero-order chi connectivity index (χ0) is 22.4. The van der Waals surface area contributed by atoms with Gasteiger partial charge in [-0.15, -0.1) is 0 Å². The first-order valence-corrected chi connectivity index (χ1v) is 13.7. The summed E-state index contributed by atoms with van der Waals surface area (Å²) in [5, 5.41) is 18.7. The molecule has 1 aromatic carbocycles. The number of nitrogens with zero attached hydrogens (tertiary/aromatic N) is 1. The van der Waals surface area contributed by atoms with Gasteiger partial charge in [-0.1, -0.05) is 44.7 Å². The monoisotopic (exact) mass is 451 g/mol. The van der Waals surface area contributed by atoms with Gasteiger partial charge in [-0.05, 0) is 42.8 Å². The van der Waals surface area contributed by atoms with Crippen molar-refractivity contribution >= 4 is 32.0 Å². The number of aliphatic hydroxyl groups excluding tert-OH is 1. The summed E-state index contributed by atoms with van der Waals surface area (Å²) in [4.78, 5) is 26.1. The van der Waals surface area contributed by atoms with Gasteiger partial charge in [0.1, 0.15) is 11.1 Å². The number of fused-ring (bicyclic) bond motifs is 1. The van der Waals surface area contributed by atoms with E-state index in [1.165, 1.54) is 16.7 Å². The first-order valence-electron chi connectivity index (χ1n) is 9.90. The molecule has 0 aromatic heterocycles. The third kappa shape index (κ3) is 4.03. The van der Waals surface area contributed by atoms with E-state index >= 15 is 0 Å². The van der Waals surface area contributed by atoms with Gasteiger partial charge in [-0.2, -0.15) is 0 Å². The highest BCUT2D eigenvalue weighted by Crippen LogP contribution is 2.52. The minimum absolute atomic E-state index is 0.00996. The molecule has 0 saturated carbocycles. The number of amides is 1. The van der Waals surface area contributed by atoms with E-state index in [1.807, 2.05) is 6.92 Å². The Bertz CT molecular complexity index is 876. The Balaban J connectivity index is 1.78. The Labute approximate surface area is 182 Å². The number of carboxylic acid groups (broad SMARTS) is 1. The Morgan fingerprint density at radius 3 is 2.37 bits per heavy atom. The zero-order valence-corrected chi connectivity index (χ0v) is 19.9. The number of ether oxygens (including phenoxy) is 1. The van der Waals surface area contributed by atoms with Crippen LogP contribution in [0.5, 0.6) is 5.75 Å². The Morgan fingerprint density at radius 2 is 1.87 bits per heavy atom. The van der Waals surface area contributed by atoms with Gasteiger partial charge in [-0.25, -0.2) is 4.79 Å². The van der Waals surface area contributed by atoms with Crippen LogP contribution in [0.25, 0.3) is 0 Å². The fraction of sp³-hybridized carbons (Fsp3) is 0.524. The van der Waals surface area contributed by atoms with Crippen LogP contribution < -0.4 is 4.74 Å². The van der Waals surface area contributed by atoms with Crippen molar-refractivity contribution in [2.45, 2.75) is 63.9 Å². The van der Waals surface area contributed by atoms with Crippen molar-refractivity contribution in [3.63, 3.8) is 0 Å². The van der Waals surface area contributed by atoms with Gasteiger partial charge in [0.2, 0.25) is 5.91 Å². The SMILES string of the molecule is C[C@@H](O[Si](C)(C)C(C)(C)C)[C@H]1C(=O)N2C(C(=O)O)=C(Oc3ccc(CO)cc3)S[C@H]12. The molecule has 0 aliphatic carbocycles. The van der Waals surface area contributed by atoms with Crippen molar-refractivity contribution in [1.82, 2.24) is 4.90 Å². The first-order chi connectivity index (χ1) is 13.9. The summed E-state index contributed by atoms with van der Waals surface area (Å²) in [7, 11) is -2.07. The van der Waals surface area contributed by atoms with Crippen LogP contribution in [0.4, 0.5) is 0 Å². The molecule has 0 radical (unpaired) electrons. The van der Waals surface area contributed by atoms with Crippen LogP contribution >= 0.6 is 11.8 Å². The number of hydrogen-bond acceptors (Lipinski definition) is 6. The fourth-order valence-electron chi connectivity index (χ4n) is 3.29. The van der Waals surface area contributed by atoms with Crippen molar-refractivity contribution in [2.24, 2.45) is 5.92 Å². The van der Waals surface area contributed by atoms with E-state index in [0.29, 0.717) is 5.75 Å². The maximum absolute atomic E-state index is 12.9. The van der Waals surface area contributed by atoms with Crippen molar-refractivity contribution in [3.8, 4) is 5.75 Å². The predicted octanol–water partition coefficient (Wildman–Crippen LogP) is 3.75. The molecule has 30 heavy (non-hydrogen) atoms. The number of rotatable bonds is 7. The molecular formula is C21H29NO6SSi. The normalized spacial score (nSPS) is 22.6. The molecule has 164 valence electrons. The van der Waals surface area contributed by atoms with Gasteiger partial charge in [0, 0.05) is 0 Å². The summed E-state index contributed by atoms with van der Waals surface area (Å²) in [5.74, 6) is -1.41. The number of aliphatic hydroxyl groups is 1. The lowest BCUT2D eigenvalue weighted by atomic mass is 9.92. The van der Waals surface area contributed by atoms with Crippen molar-refractivity contribution in [1.29, 1.82) is 0 Å². The third-order valence-corrected chi connectivity index (χ3v) is 11.9. The van der Waals surface area contributed by atoms with Gasteiger partial charge in [-0.3, -0.25) is 9.69 Å². The van der Waals surface area contributed by atoms with Gasteiger partial charge in [0.05, 0.1) is 18.6 Å². The quantitative estimate of drug-likeness (QED) is 0.481. The summed E-state index contributed by atoms with van der Waals surface area (Å²) < 4.78 is 12.2. The van der Waals surface area contributed by atoms with Gasteiger partial charge in [0.15, 0.2) is 19.1 Å². The number of β-lactam (4-membered cyclic amide) rings is 1. The standard InChI is InChI=1S/C21H29NO6SSi/c1-12(28-30(5,6)21(2,3)4)15-17(24)22-16(19(25)26)20(29-18(15)22)27-14-9-7-13(11-23)8-10-14/h7-10,12,15,18,23H,11H2,1-6H3,(H,25,26)/t12-,15+,18-/m1/s1. The second kappa shape index (κ2) is 8.03. The summed E-state index contributed by atoms with van der Waals surface area (Å²) in [6.45, 7) is 12.5. The van der Waals surface area contributed by atoms with Crippen LogP contribution in [0.3, 0.4) is 0 Å². The number of hydrogen-bond donors (Lipinski definition) is 2. The summed E-state index contributed by atoms with van der Waals surface area (Å²) in [5.41, 5.74) is 0.599. The van der Waals surface area contributed by atoms with Crippen LogP contribution in [0.1, 0.15) is 33.3 Å². The van der Waals surface area contributed by atoms with Gasteiger partial charge < -0.3 is 19.4 Å². The molecule has 1 amide bonds. The minimum Gasteiger partial charge on any atom is -0.476 e. The number of benzene rings is 1. The molecule has 2 heterocycles. The number of thioether (sulfide) groups is 1. The van der Waals surface area contributed by atoms with E-state index in [0.717, 1.165) is 5.56 Å². The molecule has 0 bridgehead atoms. The minimum atomic E-state index is -2.07. The zero-order valence-electron chi connectivity index (χ0n) is 18.1. The molecule has 3 rings (SSSR count). The Kier molecular flexibility index (Phi) is 6.12. The molecule has 0 spiro atoms. The van der Waals surface area contributed by atoms with Crippen molar-refractivity contribution in [2.75, 3.05) is 0 Å². The van der Waals surface area contributed by atoms with Gasteiger partial charge >= 0.3 is 5.97 Å². The largest absolute Gasteiger partial charge is 0.476 e. The summed E-state index contributed by atoms with van der Waals surface area (Å²) >= 11 is 1.24. The lowest BCUT2D eigenvalue weighted by Gasteiger charge is -2.47. The second-order valence-corrected chi connectivity index (χ2v) is 15.0. The van der Waals surface area contributed by atoms with E-state index < -0.39 is 20.2 Å². The average molecular weight is 452 g/mol. The predicted molar refractivity (Wildman–Crippen MR) is 117 cm³/mol. The van der Waals surface area contributed by atoms with Crippen LogP contribution in [0, 0.1) is 5.92 Å². The fourth-order valence-corrected chi connectivity index (χ4v) is 6.18. The Morgan fingerprint density at radius 1 is 1.27 bits per heavy atom. The highest BCUT2D eigenvalue weighted by molar-refractivity contribution is 8.03. The van der Waals surface area contributed by atoms with E-state index in [-0.39, 0.29) is 39.8 Å². The molecule has 7 nitrogen and oxygen atoms in total. The van der Waals surface area contributed by atoms with Crippen LogP contribution in [-0.2, 0) is 20.6 Å². The molecule has 1 fully saturated rings. The van der Waals surface area contributed by atoms with Gasteiger partial charge in [0.25, 0.3) is 0 Å². The Hall–Kier alpha value is -1.81. The second-order valence-electron chi connectivity index (χ2n) is 9.17. The van der Waals surface area contributed by atoms with E-state index in [4.69, 9.17) is 14.3 Å². The summed E-state index contributed by atoms with van der Waals surface area (Å²) in [6.07, 6.45) is -0.314. The topological polar surface area (TPSA) is 96.3 Å². The molecule has 2 aliphatic heterocycles. The molecule has 1 saturated heterocycles. The first kappa shape index (κ1) is 22.9. The number of carbonyl (C=O) groups is 2. The average Bonchev–Trinajstić information content (AvgIpc) is 2.95. The maximum Gasteiger partial charge on any atom is 0.357 e. The van der Waals surface area contributed by atoms with E-state index in [2.05, 4.69) is 33.9 Å². The lowest BCUT2D eigenvalue weighted by molar-refractivity contribution is -0.156. The van der Waals surface area contributed by atoms with E-state index in [1.54, 1.807) is 24.3 Å². The molecule has 9 heteroatoms. The van der Waals surface area contributed by atoms with Crippen LogP contribution in [-0.4, -0.2) is 46.8 Å². The molecule has 2 N–H and O–H groups in total. The number of carboxylic acids is 1. The van der Waals surface area contributed by atoms with Crippen molar-refractivity contribution in [3.05, 3.63) is 40.6 Å². The molecule has 1 aromatic rings. The van der Waals surface area contributed by atoms with Crippen molar-refractivity contribution < 1.29 is 29.0 Å². The highest BCUT2D eigenvalue weighted by Gasteiger charge is 2.59. The van der Waals surface area contributed by atoms with Crippen LogP contribution in [0.2, 0.25) is 18.1 Å².